The summed E-state index contributed by atoms with van der Waals surface area (Å²) in [6, 6.07) is 31.0. The Kier molecular flexibility index (Phi) is 11.4. The van der Waals surface area contributed by atoms with Crippen LogP contribution in [0.2, 0.25) is 0 Å². The van der Waals surface area contributed by atoms with Crippen molar-refractivity contribution in [3.05, 3.63) is 126 Å². The maximum atomic E-state index is 14.5. The topological polar surface area (TPSA) is 96.0 Å². The summed E-state index contributed by atoms with van der Waals surface area (Å²) in [5, 5.41) is 3.01. The second-order valence-electron chi connectivity index (χ2n) is 11.4. The number of anilines is 1. The van der Waals surface area contributed by atoms with Gasteiger partial charge >= 0.3 is 0 Å². The van der Waals surface area contributed by atoms with Crippen molar-refractivity contribution in [1.29, 1.82) is 0 Å². The smallest absolute Gasteiger partial charge is 0.264 e. The summed E-state index contributed by atoms with van der Waals surface area (Å²) in [6.07, 6.45) is 0.263. The first kappa shape index (κ1) is 33.3. The first-order chi connectivity index (χ1) is 21.6. The van der Waals surface area contributed by atoms with E-state index in [4.69, 9.17) is 4.74 Å². The Morgan fingerprint density at radius 3 is 1.93 bits per heavy atom. The zero-order chi connectivity index (χ0) is 32.4. The number of nitrogens with zero attached hydrogens (tertiary/aromatic N) is 2. The van der Waals surface area contributed by atoms with Crippen molar-refractivity contribution in [2.24, 2.45) is 5.92 Å². The van der Waals surface area contributed by atoms with Gasteiger partial charge in [0.05, 0.1) is 17.7 Å². The number of nitrogens with one attached hydrogen (secondary N) is 1. The number of carbonyl (C=O) groups is 2. The van der Waals surface area contributed by atoms with Crippen molar-refractivity contribution in [3.8, 4) is 5.75 Å². The van der Waals surface area contributed by atoms with Crippen LogP contribution >= 0.6 is 0 Å². The van der Waals surface area contributed by atoms with Crippen LogP contribution in [0.1, 0.15) is 30.5 Å². The van der Waals surface area contributed by atoms with E-state index in [9.17, 15) is 18.0 Å². The van der Waals surface area contributed by atoms with E-state index in [1.165, 1.54) is 24.1 Å². The van der Waals surface area contributed by atoms with E-state index in [0.29, 0.717) is 18.0 Å². The number of hydrogen-bond donors (Lipinski definition) is 1. The summed E-state index contributed by atoms with van der Waals surface area (Å²) < 4.78 is 34.6. The summed E-state index contributed by atoms with van der Waals surface area (Å²) in [5.41, 5.74) is 2.99. The minimum atomic E-state index is -4.19. The van der Waals surface area contributed by atoms with Gasteiger partial charge in [0.25, 0.3) is 10.0 Å². The molecule has 8 nitrogen and oxygen atoms in total. The lowest BCUT2D eigenvalue weighted by Crippen LogP contribution is -2.53. The van der Waals surface area contributed by atoms with E-state index in [1.807, 2.05) is 81.4 Å². The highest BCUT2D eigenvalue weighted by atomic mass is 32.2. The minimum absolute atomic E-state index is 0.0156. The summed E-state index contributed by atoms with van der Waals surface area (Å²) in [4.78, 5) is 29.8. The first-order valence-corrected chi connectivity index (χ1v) is 16.4. The van der Waals surface area contributed by atoms with Crippen LogP contribution in [-0.2, 0) is 32.6 Å². The quantitative estimate of drug-likeness (QED) is 0.196. The average Bonchev–Trinajstić information content (AvgIpc) is 3.05. The molecule has 0 saturated carbocycles. The van der Waals surface area contributed by atoms with E-state index in [0.717, 1.165) is 21.0 Å². The van der Waals surface area contributed by atoms with Gasteiger partial charge in [0.2, 0.25) is 11.8 Å². The molecule has 1 N–H and O–H groups in total. The van der Waals surface area contributed by atoms with Crippen LogP contribution in [-0.4, -0.2) is 51.4 Å². The third kappa shape index (κ3) is 8.95. The number of sulfonamides is 1. The second kappa shape index (κ2) is 15.4. The Morgan fingerprint density at radius 1 is 0.800 bits per heavy atom. The monoisotopic (exact) mass is 627 g/mol. The molecule has 0 heterocycles. The molecule has 0 aliphatic rings. The van der Waals surface area contributed by atoms with Gasteiger partial charge in [-0.1, -0.05) is 92.2 Å². The Hall–Kier alpha value is -4.63. The number of rotatable bonds is 14. The third-order valence-electron chi connectivity index (χ3n) is 7.40. The maximum Gasteiger partial charge on any atom is 0.264 e. The lowest BCUT2D eigenvalue weighted by atomic mass is 10.0. The molecule has 0 fully saturated rings. The molecule has 0 bridgehead atoms. The Morgan fingerprint density at radius 2 is 1.38 bits per heavy atom. The Balaban J connectivity index is 1.78. The van der Waals surface area contributed by atoms with E-state index in [2.05, 4.69) is 5.32 Å². The number of aryl methyl sites for hydroxylation is 1. The van der Waals surface area contributed by atoms with Gasteiger partial charge in [0.15, 0.2) is 0 Å². The van der Waals surface area contributed by atoms with Crippen molar-refractivity contribution in [1.82, 2.24) is 10.2 Å². The molecular formula is C36H41N3O5S. The number of benzene rings is 4. The highest BCUT2D eigenvalue weighted by molar-refractivity contribution is 7.92. The zero-order valence-electron chi connectivity index (χ0n) is 26.2. The summed E-state index contributed by atoms with van der Waals surface area (Å²) in [7, 11) is -2.68. The minimum Gasteiger partial charge on any atom is -0.497 e. The molecule has 4 aromatic carbocycles. The molecule has 236 valence electrons. The molecule has 4 aromatic rings. The fraction of sp³-hybridized carbons (Fsp3) is 0.278. The Bertz CT molecular complexity index is 1640. The normalized spacial score (nSPS) is 11.9. The average molecular weight is 628 g/mol. The molecule has 0 unspecified atom stereocenters. The zero-order valence-corrected chi connectivity index (χ0v) is 27.0. The number of hydrogen-bond acceptors (Lipinski definition) is 5. The first-order valence-electron chi connectivity index (χ1n) is 15.0. The van der Waals surface area contributed by atoms with Crippen molar-refractivity contribution < 1.29 is 22.7 Å². The van der Waals surface area contributed by atoms with Crippen LogP contribution in [0.5, 0.6) is 5.75 Å². The van der Waals surface area contributed by atoms with Gasteiger partial charge < -0.3 is 15.0 Å². The van der Waals surface area contributed by atoms with Crippen molar-refractivity contribution in [3.63, 3.8) is 0 Å². The standard InChI is InChI=1S/C36H41N3O5S/c1-27(2)24-37-36(41)34(23-29-11-7-5-8-12-29)38(25-30-13-9-6-10-14-30)35(40)26-39(31-17-15-28(3)16-18-31)45(42,43)33-21-19-32(44-4)20-22-33/h5-22,27,34H,23-26H2,1-4H3,(H,37,41)/t34-/m1/s1. The van der Waals surface area contributed by atoms with E-state index < -0.39 is 28.5 Å². The van der Waals surface area contributed by atoms with Gasteiger partial charge in [-0.25, -0.2) is 8.42 Å². The highest BCUT2D eigenvalue weighted by Crippen LogP contribution is 2.26. The highest BCUT2D eigenvalue weighted by Gasteiger charge is 2.34. The summed E-state index contributed by atoms with van der Waals surface area (Å²) in [6.45, 7) is 5.97. The molecular weight excluding hydrogens is 586 g/mol. The molecule has 9 heteroatoms. The number of methoxy groups -OCH3 is 1. The van der Waals surface area contributed by atoms with Crippen molar-refractivity contribution in [2.75, 3.05) is 24.5 Å². The second-order valence-corrected chi connectivity index (χ2v) is 13.2. The van der Waals surface area contributed by atoms with Crippen LogP contribution in [0.3, 0.4) is 0 Å². The lowest BCUT2D eigenvalue weighted by Gasteiger charge is -2.34. The van der Waals surface area contributed by atoms with Crippen LogP contribution < -0.4 is 14.4 Å². The van der Waals surface area contributed by atoms with Crippen molar-refractivity contribution >= 4 is 27.5 Å². The molecule has 0 saturated heterocycles. The molecule has 0 aliphatic heterocycles. The predicted octanol–water partition coefficient (Wildman–Crippen LogP) is 5.61. The maximum absolute atomic E-state index is 14.5. The van der Waals surface area contributed by atoms with Gasteiger partial charge in [-0.2, -0.15) is 0 Å². The van der Waals surface area contributed by atoms with E-state index in [-0.39, 0.29) is 29.7 Å². The van der Waals surface area contributed by atoms with Crippen LogP contribution in [0, 0.1) is 12.8 Å². The number of ether oxygens (including phenoxy) is 1. The fourth-order valence-electron chi connectivity index (χ4n) is 4.87. The molecule has 0 aromatic heterocycles. The molecule has 0 radical (unpaired) electrons. The van der Waals surface area contributed by atoms with Crippen molar-refractivity contribution in [2.45, 2.75) is 44.7 Å². The van der Waals surface area contributed by atoms with Gasteiger partial charge in [-0.05, 0) is 60.4 Å². The fourth-order valence-corrected chi connectivity index (χ4v) is 6.29. The molecule has 2 amide bonds. The van der Waals surface area contributed by atoms with Gasteiger partial charge in [-0.3, -0.25) is 13.9 Å². The predicted molar refractivity (Wildman–Crippen MR) is 177 cm³/mol. The molecule has 0 aliphatic carbocycles. The van der Waals surface area contributed by atoms with Crippen LogP contribution in [0.15, 0.2) is 114 Å². The van der Waals surface area contributed by atoms with E-state index >= 15 is 0 Å². The SMILES string of the molecule is COc1ccc(S(=O)(=O)N(CC(=O)N(Cc2ccccc2)[C@H](Cc2ccccc2)C(=O)NCC(C)C)c2ccc(C)cc2)cc1. The Labute approximate surface area is 266 Å². The largest absolute Gasteiger partial charge is 0.497 e. The number of amides is 2. The molecule has 1 atom stereocenters. The molecule has 0 spiro atoms. The van der Waals surface area contributed by atoms with Crippen LogP contribution in [0.25, 0.3) is 0 Å². The molecule has 4 rings (SSSR count). The van der Waals surface area contributed by atoms with Crippen LogP contribution in [0.4, 0.5) is 5.69 Å². The lowest BCUT2D eigenvalue weighted by molar-refractivity contribution is -0.140. The number of carbonyl (C=O) groups excluding carboxylic acids is 2. The summed E-state index contributed by atoms with van der Waals surface area (Å²) in [5.74, 6) is -0.0812. The molecule has 45 heavy (non-hydrogen) atoms. The van der Waals surface area contributed by atoms with E-state index in [1.54, 1.807) is 36.4 Å². The van der Waals surface area contributed by atoms with Gasteiger partial charge in [-0.15, -0.1) is 0 Å². The van der Waals surface area contributed by atoms with Gasteiger partial charge in [0.1, 0.15) is 18.3 Å². The third-order valence-corrected chi connectivity index (χ3v) is 9.19. The van der Waals surface area contributed by atoms with Gasteiger partial charge in [0, 0.05) is 19.5 Å². The summed E-state index contributed by atoms with van der Waals surface area (Å²) >= 11 is 0.